The first kappa shape index (κ1) is 21.1. The average Bonchev–Trinajstić information content (AvgIpc) is 2.89. The van der Waals surface area contributed by atoms with E-state index in [1.807, 2.05) is 65.6 Å². The van der Waals surface area contributed by atoms with E-state index in [1.54, 1.807) is 0 Å². The van der Waals surface area contributed by atoms with E-state index in [2.05, 4.69) is 36.1 Å². The summed E-state index contributed by atoms with van der Waals surface area (Å²) in [6.07, 6.45) is 0.803. The van der Waals surface area contributed by atoms with Crippen LogP contribution in [0.5, 0.6) is 0 Å². The molecular weight excluding hydrogens is 408 g/mol. The largest absolute Gasteiger partial charge is 0.351 e. The Morgan fingerprint density at radius 1 is 0.788 bits per heavy atom. The van der Waals surface area contributed by atoms with E-state index in [9.17, 15) is 4.79 Å². The Kier molecular flexibility index (Phi) is 6.03. The number of para-hydroxylation sites is 2. The third-order valence-corrected chi connectivity index (χ3v) is 6.40. The van der Waals surface area contributed by atoms with Crippen molar-refractivity contribution < 1.29 is 4.79 Å². The number of amides is 1. The average molecular weight is 437 g/mol. The highest BCUT2D eigenvalue weighted by atomic mass is 16.2. The van der Waals surface area contributed by atoms with Crippen LogP contribution in [0.2, 0.25) is 0 Å². The molecule has 4 aromatic rings. The molecule has 0 aliphatic carbocycles. The molecule has 0 unspecified atom stereocenters. The summed E-state index contributed by atoms with van der Waals surface area (Å²) in [5.74, 6) is 1.02. The Bertz CT molecular complexity index is 1230. The van der Waals surface area contributed by atoms with Gasteiger partial charge in [-0.3, -0.25) is 4.79 Å². The summed E-state index contributed by atoms with van der Waals surface area (Å²) >= 11 is 0. The molecule has 1 amide bonds. The smallest absolute Gasteiger partial charge is 0.230 e. The standard InChI is InChI=1S/C28H28N4O/c1-2-23(21-11-5-3-6-12-21)28(33)32-19-17-31(18-20-32)27-26(22-13-7-4-8-14-22)29-24-15-9-10-16-25(24)30-27/h3-16,23H,2,17-20H2,1H3/t23-/m0/s1. The fourth-order valence-electron chi connectivity index (χ4n) is 4.60. The van der Waals surface area contributed by atoms with Gasteiger partial charge in [-0.2, -0.15) is 0 Å². The minimum absolute atomic E-state index is 0.0851. The van der Waals surface area contributed by atoms with Crippen LogP contribution in [0.3, 0.4) is 0 Å². The monoisotopic (exact) mass is 436 g/mol. The van der Waals surface area contributed by atoms with Crippen molar-refractivity contribution in [2.24, 2.45) is 0 Å². The van der Waals surface area contributed by atoms with Crippen LogP contribution in [0.15, 0.2) is 84.9 Å². The number of aromatic nitrogens is 2. The highest BCUT2D eigenvalue weighted by Crippen LogP contribution is 2.31. The fraction of sp³-hybridized carbons (Fsp3) is 0.250. The zero-order chi connectivity index (χ0) is 22.6. The Hall–Kier alpha value is -3.73. The van der Waals surface area contributed by atoms with Crippen molar-refractivity contribution in [3.63, 3.8) is 0 Å². The lowest BCUT2D eigenvalue weighted by molar-refractivity contribution is -0.133. The third-order valence-electron chi connectivity index (χ3n) is 6.40. The van der Waals surface area contributed by atoms with E-state index < -0.39 is 0 Å². The molecule has 0 radical (unpaired) electrons. The number of piperazine rings is 1. The number of carbonyl (C=O) groups excluding carboxylic acids is 1. The SMILES string of the molecule is CC[C@H](C(=O)N1CCN(c2nc3ccccc3nc2-c2ccccc2)CC1)c1ccccc1. The second-order valence-corrected chi connectivity index (χ2v) is 8.43. The van der Waals surface area contributed by atoms with Crippen molar-refractivity contribution in [2.45, 2.75) is 19.3 Å². The topological polar surface area (TPSA) is 49.3 Å². The summed E-state index contributed by atoms with van der Waals surface area (Å²) in [5.41, 5.74) is 4.83. The Balaban J connectivity index is 1.40. The van der Waals surface area contributed by atoms with Gasteiger partial charge in [-0.1, -0.05) is 79.7 Å². The van der Waals surface area contributed by atoms with Crippen molar-refractivity contribution in [3.05, 3.63) is 90.5 Å². The number of nitrogens with zero attached hydrogens (tertiary/aromatic N) is 4. The molecule has 1 atom stereocenters. The zero-order valence-electron chi connectivity index (χ0n) is 18.9. The number of rotatable bonds is 5. The van der Waals surface area contributed by atoms with Gasteiger partial charge in [0.25, 0.3) is 0 Å². The molecule has 2 heterocycles. The van der Waals surface area contributed by atoms with Gasteiger partial charge in [-0.25, -0.2) is 9.97 Å². The van der Waals surface area contributed by atoms with Crippen molar-refractivity contribution in [1.82, 2.24) is 14.9 Å². The third kappa shape index (κ3) is 4.31. The van der Waals surface area contributed by atoms with Gasteiger partial charge >= 0.3 is 0 Å². The normalized spacial score (nSPS) is 14.9. The first-order chi connectivity index (χ1) is 16.2. The summed E-state index contributed by atoms with van der Waals surface area (Å²) in [6, 6.07) is 28.3. The maximum Gasteiger partial charge on any atom is 0.230 e. The Morgan fingerprint density at radius 3 is 2.00 bits per heavy atom. The van der Waals surface area contributed by atoms with Crippen molar-refractivity contribution in [1.29, 1.82) is 0 Å². The molecule has 1 fully saturated rings. The highest BCUT2D eigenvalue weighted by Gasteiger charge is 2.29. The molecule has 3 aromatic carbocycles. The summed E-state index contributed by atoms with van der Waals surface area (Å²) in [4.78, 5) is 27.6. The molecule has 33 heavy (non-hydrogen) atoms. The minimum Gasteiger partial charge on any atom is -0.351 e. The molecule has 0 saturated carbocycles. The molecule has 1 aromatic heterocycles. The summed E-state index contributed by atoms with van der Waals surface area (Å²) < 4.78 is 0. The van der Waals surface area contributed by atoms with Gasteiger partial charge in [0.1, 0.15) is 5.69 Å². The van der Waals surface area contributed by atoms with E-state index in [-0.39, 0.29) is 11.8 Å². The number of hydrogen-bond acceptors (Lipinski definition) is 4. The van der Waals surface area contributed by atoms with Crippen LogP contribution in [0.1, 0.15) is 24.8 Å². The zero-order valence-corrected chi connectivity index (χ0v) is 18.9. The number of fused-ring (bicyclic) bond motifs is 1. The van der Waals surface area contributed by atoms with Gasteiger partial charge in [-0.15, -0.1) is 0 Å². The molecule has 166 valence electrons. The molecular formula is C28H28N4O. The summed E-state index contributed by atoms with van der Waals surface area (Å²) in [5, 5.41) is 0. The Morgan fingerprint density at radius 2 is 1.36 bits per heavy atom. The van der Waals surface area contributed by atoms with E-state index in [0.717, 1.165) is 53.2 Å². The molecule has 5 heteroatoms. The van der Waals surface area contributed by atoms with Crippen LogP contribution < -0.4 is 4.90 Å². The molecule has 1 aliphatic heterocycles. The molecule has 1 saturated heterocycles. The van der Waals surface area contributed by atoms with E-state index >= 15 is 0 Å². The van der Waals surface area contributed by atoms with Crippen molar-refractivity contribution in [2.75, 3.05) is 31.1 Å². The summed E-state index contributed by atoms with van der Waals surface area (Å²) in [6.45, 7) is 4.94. The van der Waals surface area contributed by atoms with Gasteiger partial charge in [0.2, 0.25) is 5.91 Å². The first-order valence-electron chi connectivity index (χ1n) is 11.7. The second kappa shape index (κ2) is 9.41. The van der Waals surface area contributed by atoms with Gasteiger partial charge < -0.3 is 9.80 Å². The van der Waals surface area contributed by atoms with Crippen LogP contribution >= 0.6 is 0 Å². The summed E-state index contributed by atoms with van der Waals surface area (Å²) in [7, 11) is 0. The second-order valence-electron chi connectivity index (χ2n) is 8.43. The van der Waals surface area contributed by atoms with E-state index in [0.29, 0.717) is 13.1 Å². The lowest BCUT2D eigenvalue weighted by atomic mass is 9.95. The molecule has 1 aliphatic rings. The Labute approximate surface area is 194 Å². The first-order valence-corrected chi connectivity index (χ1v) is 11.7. The lowest BCUT2D eigenvalue weighted by Gasteiger charge is -2.37. The molecule has 0 N–H and O–H groups in total. The van der Waals surface area contributed by atoms with Gasteiger partial charge in [0.05, 0.1) is 17.0 Å². The maximum atomic E-state index is 13.3. The molecule has 0 bridgehead atoms. The molecule has 0 spiro atoms. The maximum absolute atomic E-state index is 13.3. The predicted octanol–water partition coefficient (Wildman–Crippen LogP) is 5.14. The van der Waals surface area contributed by atoms with Crippen molar-refractivity contribution >= 4 is 22.8 Å². The van der Waals surface area contributed by atoms with Gasteiger partial charge in [0, 0.05) is 31.7 Å². The van der Waals surface area contributed by atoms with Crippen LogP contribution in [-0.4, -0.2) is 47.0 Å². The minimum atomic E-state index is -0.0851. The van der Waals surface area contributed by atoms with Gasteiger partial charge in [-0.05, 0) is 24.1 Å². The van der Waals surface area contributed by atoms with Crippen molar-refractivity contribution in [3.8, 4) is 11.3 Å². The number of benzene rings is 3. The molecule has 5 nitrogen and oxygen atoms in total. The van der Waals surface area contributed by atoms with E-state index in [4.69, 9.17) is 9.97 Å². The van der Waals surface area contributed by atoms with Gasteiger partial charge in [0.15, 0.2) is 5.82 Å². The number of hydrogen-bond donors (Lipinski definition) is 0. The van der Waals surface area contributed by atoms with Crippen LogP contribution in [0, 0.1) is 0 Å². The van der Waals surface area contributed by atoms with Crippen LogP contribution in [-0.2, 0) is 4.79 Å². The lowest BCUT2D eigenvalue weighted by Crippen LogP contribution is -2.50. The number of anilines is 1. The highest BCUT2D eigenvalue weighted by molar-refractivity contribution is 5.85. The van der Waals surface area contributed by atoms with Crippen LogP contribution in [0.25, 0.3) is 22.3 Å². The van der Waals surface area contributed by atoms with Crippen LogP contribution in [0.4, 0.5) is 5.82 Å². The van der Waals surface area contributed by atoms with E-state index in [1.165, 1.54) is 0 Å². The number of carbonyl (C=O) groups is 1. The quantitative estimate of drug-likeness (QED) is 0.435. The fourth-order valence-corrected chi connectivity index (χ4v) is 4.60. The predicted molar refractivity (Wildman–Crippen MR) is 133 cm³/mol. The molecule has 5 rings (SSSR count).